The van der Waals surface area contributed by atoms with Gasteiger partial charge in [0.2, 0.25) is 0 Å². The van der Waals surface area contributed by atoms with Crippen molar-refractivity contribution in [1.29, 1.82) is 0 Å². The Hall–Kier alpha value is -2.10. The number of benzene rings is 1. The number of nitrogens with zero attached hydrogens (tertiary/aromatic N) is 2. The van der Waals surface area contributed by atoms with Gasteiger partial charge >= 0.3 is 5.97 Å². The molecule has 0 bridgehead atoms. The van der Waals surface area contributed by atoms with Gasteiger partial charge in [-0.25, -0.2) is 4.98 Å². The average Bonchev–Trinajstić information content (AvgIpc) is 3.19. The molecule has 0 unspecified atom stereocenters. The summed E-state index contributed by atoms with van der Waals surface area (Å²) in [5, 5.41) is 11.1. The van der Waals surface area contributed by atoms with Gasteiger partial charge in [0.1, 0.15) is 12.4 Å². The van der Waals surface area contributed by atoms with Crippen molar-refractivity contribution in [3.05, 3.63) is 36.5 Å². The van der Waals surface area contributed by atoms with Gasteiger partial charge in [0, 0.05) is 17.6 Å². The van der Waals surface area contributed by atoms with Crippen molar-refractivity contribution < 1.29 is 9.90 Å². The second kappa shape index (κ2) is 4.29. The zero-order valence-corrected chi connectivity index (χ0v) is 9.91. The van der Waals surface area contributed by atoms with Crippen LogP contribution in [-0.4, -0.2) is 28.6 Å². The Kier molecular flexibility index (Phi) is 2.63. The number of fused-ring (bicyclic) bond motifs is 1. The number of anilines is 1. The van der Waals surface area contributed by atoms with Crippen LogP contribution in [0.25, 0.3) is 10.8 Å². The van der Waals surface area contributed by atoms with Crippen LogP contribution < -0.4 is 4.90 Å². The maximum absolute atomic E-state index is 11.0. The van der Waals surface area contributed by atoms with E-state index in [0.717, 1.165) is 29.4 Å². The van der Waals surface area contributed by atoms with E-state index >= 15 is 0 Å². The minimum Gasteiger partial charge on any atom is -0.480 e. The van der Waals surface area contributed by atoms with Crippen molar-refractivity contribution in [3.63, 3.8) is 0 Å². The summed E-state index contributed by atoms with van der Waals surface area (Å²) in [7, 11) is 0. The predicted molar refractivity (Wildman–Crippen MR) is 69.7 cm³/mol. The summed E-state index contributed by atoms with van der Waals surface area (Å²) >= 11 is 0. The standard InChI is InChI=1S/C14H14N2O2/c17-13(18)9-16(11-5-6-11)14-12-4-2-1-3-10(12)7-8-15-14/h1-4,7-8,11H,5-6,9H2,(H,17,18). The van der Waals surface area contributed by atoms with E-state index in [0.29, 0.717) is 6.04 Å². The zero-order valence-electron chi connectivity index (χ0n) is 9.91. The number of aliphatic carboxylic acids is 1. The highest BCUT2D eigenvalue weighted by Crippen LogP contribution is 2.33. The summed E-state index contributed by atoms with van der Waals surface area (Å²) in [4.78, 5) is 17.3. The van der Waals surface area contributed by atoms with Gasteiger partial charge in [0.15, 0.2) is 0 Å². The lowest BCUT2D eigenvalue weighted by molar-refractivity contribution is -0.135. The molecule has 0 atom stereocenters. The molecule has 1 aliphatic rings. The van der Waals surface area contributed by atoms with Crippen LogP contribution in [0.2, 0.25) is 0 Å². The van der Waals surface area contributed by atoms with E-state index in [4.69, 9.17) is 5.11 Å². The molecule has 4 nitrogen and oxygen atoms in total. The smallest absolute Gasteiger partial charge is 0.323 e. The topological polar surface area (TPSA) is 53.4 Å². The van der Waals surface area contributed by atoms with Crippen molar-refractivity contribution in [3.8, 4) is 0 Å². The number of carboxylic acid groups (broad SMARTS) is 1. The number of rotatable bonds is 4. The van der Waals surface area contributed by atoms with Crippen molar-refractivity contribution in [1.82, 2.24) is 4.98 Å². The van der Waals surface area contributed by atoms with Crippen molar-refractivity contribution in [2.45, 2.75) is 18.9 Å². The normalized spacial score (nSPS) is 14.7. The molecule has 0 aliphatic heterocycles. The summed E-state index contributed by atoms with van der Waals surface area (Å²) < 4.78 is 0. The molecule has 1 aromatic carbocycles. The number of pyridine rings is 1. The van der Waals surface area contributed by atoms with E-state index in [2.05, 4.69) is 4.98 Å². The fraction of sp³-hybridized carbons (Fsp3) is 0.286. The second-order valence-corrected chi connectivity index (χ2v) is 4.61. The lowest BCUT2D eigenvalue weighted by Gasteiger charge is -2.22. The molecule has 0 radical (unpaired) electrons. The molecule has 0 spiro atoms. The zero-order chi connectivity index (χ0) is 12.5. The Bertz CT molecular complexity index is 588. The number of carbonyl (C=O) groups is 1. The molecule has 1 fully saturated rings. The van der Waals surface area contributed by atoms with E-state index < -0.39 is 5.97 Å². The van der Waals surface area contributed by atoms with E-state index in [1.54, 1.807) is 6.20 Å². The number of aromatic nitrogens is 1. The first-order valence-corrected chi connectivity index (χ1v) is 6.08. The quantitative estimate of drug-likeness (QED) is 0.893. The van der Waals surface area contributed by atoms with Gasteiger partial charge in [-0.05, 0) is 24.3 Å². The van der Waals surface area contributed by atoms with Crippen LogP contribution in [0.5, 0.6) is 0 Å². The van der Waals surface area contributed by atoms with Crippen LogP contribution in [0.3, 0.4) is 0 Å². The maximum atomic E-state index is 11.0. The highest BCUT2D eigenvalue weighted by Gasteiger charge is 2.32. The third-order valence-electron chi connectivity index (χ3n) is 3.22. The molecule has 18 heavy (non-hydrogen) atoms. The maximum Gasteiger partial charge on any atom is 0.323 e. The van der Waals surface area contributed by atoms with Gasteiger partial charge in [0.25, 0.3) is 0 Å². The molecule has 1 N–H and O–H groups in total. The van der Waals surface area contributed by atoms with Gasteiger partial charge in [-0.3, -0.25) is 4.79 Å². The Morgan fingerprint density at radius 2 is 2.11 bits per heavy atom. The fourth-order valence-electron chi connectivity index (χ4n) is 2.24. The lowest BCUT2D eigenvalue weighted by atomic mass is 10.1. The Labute approximate surface area is 105 Å². The van der Waals surface area contributed by atoms with E-state index in [1.807, 2.05) is 35.2 Å². The summed E-state index contributed by atoms with van der Waals surface area (Å²) in [5.74, 6) is -0.0189. The Balaban J connectivity index is 2.08. The van der Waals surface area contributed by atoms with E-state index in [9.17, 15) is 4.79 Å². The monoisotopic (exact) mass is 242 g/mol. The molecule has 4 heteroatoms. The summed E-state index contributed by atoms with van der Waals surface area (Å²) in [6.07, 6.45) is 3.85. The van der Waals surface area contributed by atoms with Crippen LogP contribution in [0.4, 0.5) is 5.82 Å². The minimum absolute atomic E-state index is 0.0195. The average molecular weight is 242 g/mol. The highest BCUT2D eigenvalue weighted by atomic mass is 16.4. The predicted octanol–water partition coefficient (Wildman–Crippen LogP) is 2.29. The van der Waals surface area contributed by atoms with Crippen LogP contribution in [-0.2, 0) is 4.79 Å². The largest absolute Gasteiger partial charge is 0.480 e. The molecule has 0 saturated heterocycles. The highest BCUT2D eigenvalue weighted by molar-refractivity contribution is 5.93. The van der Waals surface area contributed by atoms with Crippen molar-refractivity contribution in [2.75, 3.05) is 11.4 Å². The van der Waals surface area contributed by atoms with Gasteiger partial charge < -0.3 is 10.0 Å². The van der Waals surface area contributed by atoms with Crippen LogP contribution >= 0.6 is 0 Å². The first-order valence-electron chi connectivity index (χ1n) is 6.08. The summed E-state index contributed by atoms with van der Waals surface area (Å²) in [6, 6.07) is 10.2. The molecule has 0 amide bonds. The Morgan fingerprint density at radius 3 is 2.83 bits per heavy atom. The minimum atomic E-state index is -0.809. The molecule has 1 heterocycles. The molecule has 3 rings (SSSR count). The molecule has 1 aliphatic carbocycles. The molecular formula is C14H14N2O2. The first kappa shape index (κ1) is 11.0. The van der Waals surface area contributed by atoms with Gasteiger partial charge in [-0.2, -0.15) is 0 Å². The van der Waals surface area contributed by atoms with Crippen LogP contribution in [0, 0.1) is 0 Å². The molecule has 1 saturated carbocycles. The lowest BCUT2D eigenvalue weighted by Crippen LogP contribution is -2.32. The number of carboxylic acids is 1. The molecule has 2 aromatic rings. The van der Waals surface area contributed by atoms with Gasteiger partial charge in [-0.1, -0.05) is 24.3 Å². The third-order valence-corrected chi connectivity index (χ3v) is 3.22. The van der Waals surface area contributed by atoms with Gasteiger partial charge in [-0.15, -0.1) is 0 Å². The number of hydrogen-bond donors (Lipinski definition) is 1. The molecule has 1 aromatic heterocycles. The van der Waals surface area contributed by atoms with Crippen molar-refractivity contribution in [2.24, 2.45) is 0 Å². The molecule has 92 valence electrons. The second-order valence-electron chi connectivity index (χ2n) is 4.61. The Morgan fingerprint density at radius 1 is 1.33 bits per heavy atom. The summed E-state index contributed by atoms with van der Waals surface area (Å²) in [5.41, 5.74) is 0. The third kappa shape index (κ3) is 2.01. The molecular weight excluding hydrogens is 228 g/mol. The van der Waals surface area contributed by atoms with Gasteiger partial charge in [0.05, 0.1) is 0 Å². The fourth-order valence-corrected chi connectivity index (χ4v) is 2.24. The SMILES string of the molecule is O=C(O)CN(c1nccc2ccccc12)C1CC1. The van der Waals surface area contributed by atoms with Crippen LogP contribution in [0.15, 0.2) is 36.5 Å². The number of hydrogen-bond acceptors (Lipinski definition) is 3. The first-order chi connectivity index (χ1) is 8.75. The van der Waals surface area contributed by atoms with Crippen molar-refractivity contribution >= 4 is 22.6 Å². The van der Waals surface area contributed by atoms with E-state index in [1.165, 1.54) is 0 Å². The van der Waals surface area contributed by atoms with E-state index in [-0.39, 0.29) is 6.54 Å². The van der Waals surface area contributed by atoms with Crippen LogP contribution in [0.1, 0.15) is 12.8 Å². The summed E-state index contributed by atoms with van der Waals surface area (Å²) in [6.45, 7) is 0.0195.